The lowest BCUT2D eigenvalue weighted by molar-refractivity contribution is 0.307. The summed E-state index contributed by atoms with van der Waals surface area (Å²) in [6.45, 7) is 0.907. The van der Waals surface area contributed by atoms with Crippen LogP contribution in [0.3, 0.4) is 0 Å². The normalized spacial score (nSPS) is 12.4. The fraction of sp³-hybridized carbons (Fsp3) is 0.417. The molecular weight excluding hydrogens is 266 g/mol. The summed E-state index contributed by atoms with van der Waals surface area (Å²) in [5.41, 5.74) is 7.70. The average molecular weight is 283 g/mol. The van der Waals surface area contributed by atoms with Crippen LogP contribution in [-0.4, -0.2) is 43.9 Å². The van der Waals surface area contributed by atoms with Gasteiger partial charge in [0.25, 0.3) is 0 Å². The Morgan fingerprint density at radius 1 is 1.42 bits per heavy atom. The number of hydrogen-bond acceptors (Lipinski definition) is 6. The van der Waals surface area contributed by atoms with Crippen LogP contribution in [0.15, 0.2) is 22.6 Å². The van der Waals surface area contributed by atoms with E-state index in [1.54, 1.807) is 18.2 Å². The highest BCUT2D eigenvalue weighted by Crippen LogP contribution is 2.18. The molecule has 0 unspecified atom stereocenters. The molecule has 6 nitrogen and oxygen atoms in total. The van der Waals surface area contributed by atoms with Crippen LogP contribution in [0.1, 0.15) is 5.89 Å². The van der Waals surface area contributed by atoms with Gasteiger partial charge < -0.3 is 10.2 Å². The molecule has 104 valence electrons. The van der Waals surface area contributed by atoms with E-state index in [9.17, 15) is 8.42 Å². The van der Waals surface area contributed by atoms with Gasteiger partial charge in [-0.05, 0) is 25.2 Å². The zero-order valence-corrected chi connectivity index (χ0v) is 11.8. The van der Waals surface area contributed by atoms with Gasteiger partial charge in [0.15, 0.2) is 5.58 Å². The van der Waals surface area contributed by atoms with E-state index in [1.807, 2.05) is 11.9 Å². The van der Waals surface area contributed by atoms with Crippen LogP contribution in [0.2, 0.25) is 0 Å². The first-order valence-electron chi connectivity index (χ1n) is 5.85. The zero-order chi connectivity index (χ0) is 14.0. The number of fused-ring (bicyclic) bond motifs is 1. The number of nitrogens with two attached hydrogens (primary N) is 1. The third-order valence-corrected chi connectivity index (χ3v) is 3.63. The lowest BCUT2D eigenvalue weighted by Gasteiger charge is -2.13. The molecule has 0 aliphatic rings. The van der Waals surface area contributed by atoms with E-state index in [1.165, 1.54) is 6.26 Å². The summed E-state index contributed by atoms with van der Waals surface area (Å²) in [6.07, 6.45) is 1.23. The number of anilines is 1. The molecule has 7 heteroatoms. The molecule has 0 amide bonds. The topological polar surface area (TPSA) is 89.4 Å². The molecule has 1 heterocycles. The maximum atomic E-state index is 11.1. The number of sulfone groups is 1. The van der Waals surface area contributed by atoms with Crippen molar-refractivity contribution in [3.05, 3.63) is 24.1 Å². The summed E-state index contributed by atoms with van der Waals surface area (Å²) in [6, 6.07) is 5.28. The summed E-state index contributed by atoms with van der Waals surface area (Å²) in [5.74, 6) is 0.674. The van der Waals surface area contributed by atoms with Crippen LogP contribution in [0.4, 0.5) is 5.69 Å². The lowest BCUT2D eigenvalue weighted by atomic mass is 10.3. The van der Waals surface area contributed by atoms with E-state index < -0.39 is 9.84 Å². The van der Waals surface area contributed by atoms with Gasteiger partial charge in [-0.15, -0.1) is 0 Å². The summed E-state index contributed by atoms with van der Waals surface area (Å²) in [7, 11) is -1.12. The highest BCUT2D eigenvalue weighted by Gasteiger charge is 2.10. The maximum Gasteiger partial charge on any atom is 0.209 e. The standard InChI is InChI=1S/C12H17N3O3S/c1-15(5-6-19(2,16)17)8-12-14-10-7-9(13)3-4-11(10)18-12/h3-4,7H,5-6,8,13H2,1-2H3. The van der Waals surface area contributed by atoms with Gasteiger partial charge in [-0.2, -0.15) is 0 Å². The Kier molecular flexibility index (Phi) is 3.77. The predicted octanol–water partition coefficient (Wildman–Crippen LogP) is 0.886. The second-order valence-corrected chi connectivity index (χ2v) is 6.96. The van der Waals surface area contributed by atoms with Gasteiger partial charge in [0.2, 0.25) is 5.89 Å². The van der Waals surface area contributed by atoms with Crippen molar-refractivity contribution in [3.8, 4) is 0 Å². The molecule has 1 aromatic heterocycles. The summed E-state index contributed by atoms with van der Waals surface area (Å²) in [5, 5.41) is 0. The monoisotopic (exact) mass is 283 g/mol. The third-order valence-electron chi connectivity index (χ3n) is 2.70. The second-order valence-electron chi connectivity index (χ2n) is 4.70. The molecule has 0 aliphatic carbocycles. The zero-order valence-electron chi connectivity index (χ0n) is 11.0. The van der Waals surface area contributed by atoms with E-state index in [4.69, 9.17) is 10.2 Å². The largest absolute Gasteiger partial charge is 0.439 e. The van der Waals surface area contributed by atoms with E-state index in [-0.39, 0.29) is 5.75 Å². The first-order chi connectivity index (χ1) is 8.83. The number of benzene rings is 1. The van der Waals surface area contributed by atoms with Gasteiger partial charge in [-0.3, -0.25) is 4.90 Å². The van der Waals surface area contributed by atoms with Crippen LogP contribution in [0.5, 0.6) is 0 Å². The number of hydrogen-bond donors (Lipinski definition) is 1. The van der Waals surface area contributed by atoms with Crippen LogP contribution < -0.4 is 5.73 Å². The van der Waals surface area contributed by atoms with E-state index in [0.29, 0.717) is 35.8 Å². The van der Waals surface area contributed by atoms with Crippen molar-refractivity contribution < 1.29 is 12.8 Å². The fourth-order valence-electron chi connectivity index (χ4n) is 1.69. The molecule has 0 fully saturated rings. The maximum absolute atomic E-state index is 11.1. The number of rotatable bonds is 5. The SMILES string of the molecule is CN(CCS(C)(=O)=O)Cc1nc2cc(N)ccc2o1. The number of nitrogen functional groups attached to an aromatic ring is 1. The van der Waals surface area contributed by atoms with Gasteiger partial charge in [0.05, 0.1) is 12.3 Å². The average Bonchev–Trinajstić information content (AvgIpc) is 2.66. The van der Waals surface area contributed by atoms with Crippen LogP contribution in [-0.2, 0) is 16.4 Å². The summed E-state index contributed by atoms with van der Waals surface area (Å²) >= 11 is 0. The molecule has 0 aliphatic heterocycles. The molecule has 0 saturated carbocycles. The number of aromatic nitrogens is 1. The van der Waals surface area contributed by atoms with Crippen molar-refractivity contribution in [1.29, 1.82) is 0 Å². The van der Waals surface area contributed by atoms with Gasteiger partial charge in [-0.25, -0.2) is 13.4 Å². The Morgan fingerprint density at radius 2 is 2.16 bits per heavy atom. The molecule has 0 spiro atoms. The van der Waals surface area contributed by atoms with Crippen molar-refractivity contribution in [1.82, 2.24) is 9.88 Å². The Bertz CT molecular complexity index is 679. The lowest BCUT2D eigenvalue weighted by Crippen LogP contribution is -2.25. The molecule has 1 aromatic carbocycles. The van der Waals surface area contributed by atoms with Crippen molar-refractivity contribution >= 4 is 26.6 Å². The Balaban J connectivity index is 2.04. The van der Waals surface area contributed by atoms with Crippen LogP contribution in [0, 0.1) is 0 Å². The first-order valence-corrected chi connectivity index (χ1v) is 7.91. The van der Waals surface area contributed by atoms with Crippen molar-refractivity contribution in [3.63, 3.8) is 0 Å². The minimum atomic E-state index is -2.95. The smallest absolute Gasteiger partial charge is 0.209 e. The highest BCUT2D eigenvalue weighted by atomic mass is 32.2. The number of nitrogens with zero attached hydrogens (tertiary/aromatic N) is 2. The van der Waals surface area contributed by atoms with E-state index in [0.717, 1.165) is 0 Å². The molecular formula is C12H17N3O3S. The van der Waals surface area contributed by atoms with Crippen molar-refractivity contribution in [2.75, 3.05) is 31.3 Å². The molecule has 2 aromatic rings. The molecule has 0 bridgehead atoms. The molecule has 0 atom stereocenters. The molecule has 0 radical (unpaired) electrons. The third kappa shape index (κ3) is 3.93. The fourth-order valence-corrected chi connectivity index (χ4v) is 2.33. The summed E-state index contributed by atoms with van der Waals surface area (Å²) in [4.78, 5) is 6.18. The minimum absolute atomic E-state index is 0.122. The second kappa shape index (κ2) is 5.18. The van der Waals surface area contributed by atoms with E-state index in [2.05, 4.69) is 4.98 Å². The van der Waals surface area contributed by atoms with E-state index >= 15 is 0 Å². The van der Waals surface area contributed by atoms with Gasteiger partial charge in [0, 0.05) is 18.5 Å². The number of oxazole rings is 1. The Morgan fingerprint density at radius 3 is 2.84 bits per heavy atom. The quantitative estimate of drug-likeness (QED) is 0.820. The summed E-state index contributed by atoms with van der Waals surface area (Å²) < 4.78 is 27.7. The van der Waals surface area contributed by atoms with Gasteiger partial charge in [-0.1, -0.05) is 0 Å². The Hall–Kier alpha value is -1.60. The van der Waals surface area contributed by atoms with Gasteiger partial charge in [0.1, 0.15) is 15.4 Å². The van der Waals surface area contributed by atoms with Gasteiger partial charge >= 0.3 is 0 Å². The minimum Gasteiger partial charge on any atom is -0.439 e. The molecule has 2 rings (SSSR count). The Labute approximate surface area is 112 Å². The molecule has 0 saturated heterocycles. The molecule has 19 heavy (non-hydrogen) atoms. The van der Waals surface area contributed by atoms with Crippen molar-refractivity contribution in [2.45, 2.75) is 6.54 Å². The first kappa shape index (κ1) is 13.8. The molecule has 2 N–H and O–H groups in total. The van der Waals surface area contributed by atoms with Crippen LogP contribution in [0.25, 0.3) is 11.1 Å². The predicted molar refractivity (Wildman–Crippen MR) is 74.5 cm³/mol. The van der Waals surface area contributed by atoms with Crippen LogP contribution >= 0.6 is 0 Å². The van der Waals surface area contributed by atoms with Crippen molar-refractivity contribution in [2.24, 2.45) is 0 Å². The highest BCUT2D eigenvalue weighted by molar-refractivity contribution is 7.90.